The second kappa shape index (κ2) is 8.39. The van der Waals surface area contributed by atoms with Crippen LogP contribution in [0.3, 0.4) is 0 Å². The van der Waals surface area contributed by atoms with E-state index in [1.807, 2.05) is 0 Å². The number of halogens is 2. The summed E-state index contributed by atoms with van der Waals surface area (Å²) < 4.78 is 53.2. The minimum atomic E-state index is -4.27. The molecule has 0 saturated carbocycles. The highest BCUT2D eigenvalue weighted by atomic mass is 32.2. The fraction of sp³-hybridized carbons (Fsp3) is 0.0909. The Kier molecular flexibility index (Phi) is 5.62. The zero-order valence-corrected chi connectivity index (χ0v) is 17.4. The number of para-hydroxylation sites is 1. The maximum atomic E-state index is 13.3. The molecule has 164 valence electrons. The molecular formula is C22H17F2N3O4S. The highest BCUT2D eigenvalue weighted by Crippen LogP contribution is 2.36. The van der Waals surface area contributed by atoms with Crippen LogP contribution in [0.5, 0.6) is 0 Å². The van der Waals surface area contributed by atoms with Gasteiger partial charge in [-0.3, -0.25) is 9.69 Å². The average molecular weight is 457 g/mol. The molecule has 0 fully saturated rings. The Morgan fingerprint density at radius 3 is 2.12 bits per heavy atom. The number of benzene rings is 3. The average Bonchev–Trinajstić information content (AvgIpc) is 2.77. The van der Waals surface area contributed by atoms with Crippen LogP contribution in [0.25, 0.3) is 0 Å². The minimum Gasteiger partial charge on any atom is -0.350 e. The van der Waals surface area contributed by atoms with E-state index in [9.17, 15) is 26.8 Å². The number of urea groups is 1. The minimum absolute atomic E-state index is 0.0531. The van der Waals surface area contributed by atoms with Crippen LogP contribution < -0.4 is 14.5 Å². The van der Waals surface area contributed by atoms with Crippen molar-refractivity contribution in [1.82, 2.24) is 5.32 Å². The number of nitrogens with one attached hydrogen (secondary N) is 1. The van der Waals surface area contributed by atoms with Gasteiger partial charge in [-0.15, -0.1) is 0 Å². The fourth-order valence-corrected chi connectivity index (χ4v) is 4.89. The van der Waals surface area contributed by atoms with Crippen molar-refractivity contribution in [2.45, 2.75) is 11.4 Å². The smallest absolute Gasteiger partial charge is 0.343 e. The number of sulfonamides is 1. The standard InChI is InChI=1S/C22H17F2N3O4S/c23-16-7-5-15(6-8-16)13-25-21(28)14-26-19-3-1-2-4-20(19)32(30,31)27(22(26)29)18-11-9-17(24)10-12-18/h1-12H,13-14H2,(H,25,28). The molecule has 0 atom stereocenters. The maximum Gasteiger partial charge on any atom is 0.343 e. The van der Waals surface area contributed by atoms with Crippen LogP contribution in [0, 0.1) is 11.6 Å². The van der Waals surface area contributed by atoms with Crippen molar-refractivity contribution in [3.63, 3.8) is 0 Å². The van der Waals surface area contributed by atoms with Gasteiger partial charge in [0, 0.05) is 6.54 Å². The van der Waals surface area contributed by atoms with Gasteiger partial charge in [0.2, 0.25) is 5.91 Å². The lowest BCUT2D eigenvalue weighted by Gasteiger charge is -2.35. The van der Waals surface area contributed by atoms with E-state index in [1.165, 1.54) is 54.6 Å². The molecule has 32 heavy (non-hydrogen) atoms. The van der Waals surface area contributed by atoms with E-state index in [1.54, 1.807) is 6.07 Å². The third-order valence-electron chi connectivity index (χ3n) is 4.84. The predicted molar refractivity (Wildman–Crippen MR) is 113 cm³/mol. The van der Waals surface area contributed by atoms with Crippen molar-refractivity contribution >= 4 is 33.3 Å². The Hall–Kier alpha value is -3.79. The van der Waals surface area contributed by atoms with Gasteiger partial charge >= 0.3 is 6.03 Å². The van der Waals surface area contributed by atoms with Crippen LogP contribution >= 0.6 is 0 Å². The molecule has 3 aromatic carbocycles. The second-order valence-electron chi connectivity index (χ2n) is 6.99. The van der Waals surface area contributed by atoms with Crippen molar-refractivity contribution in [3.05, 3.63) is 90.0 Å². The van der Waals surface area contributed by atoms with Crippen LogP contribution in [0.15, 0.2) is 77.7 Å². The predicted octanol–water partition coefficient (Wildman–Crippen LogP) is 3.42. The van der Waals surface area contributed by atoms with E-state index in [0.29, 0.717) is 9.87 Å². The molecule has 3 amide bonds. The molecule has 0 aromatic heterocycles. The van der Waals surface area contributed by atoms with Gasteiger partial charge in [0.25, 0.3) is 10.0 Å². The van der Waals surface area contributed by atoms with Gasteiger partial charge in [0.15, 0.2) is 0 Å². The summed E-state index contributed by atoms with van der Waals surface area (Å²) in [5.41, 5.74) is 0.663. The lowest BCUT2D eigenvalue weighted by Crippen LogP contribution is -2.53. The van der Waals surface area contributed by atoms with Gasteiger partial charge in [-0.1, -0.05) is 24.3 Å². The topological polar surface area (TPSA) is 86.8 Å². The molecule has 3 aromatic rings. The number of fused-ring (bicyclic) bond motifs is 1. The van der Waals surface area contributed by atoms with E-state index >= 15 is 0 Å². The molecule has 0 aliphatic carbocycles. The van der Waals surface area contributed by atoms with Crippen LogP contribution in [0.4, 0.5) is 25.0 Å². The number of hydrogen-bond donors (Lipinski definition) is 1. The van der Waals surface area contributed by atoms with Gasteiger partial charge in [0.1, 0.15) is 23.1 Å². The zero-order chi connectivity index (χ0) is 22.9. The number of carbonyl (C=O) groups is 2. The molecule has 0 radical (unpaired) electrons. The summed E-state index contributed by atoms with van der Waals surface area (Å²) in [6.45, 7) is -0.354. The van der Waals surface area contributed by atoms with Crippen molar-refractivity contribution in [2.24, 2.45) is 0 Å². The molecule has 0 saturated heterocycles. The number of hydrogen-bond acceptors (Lipinski definition) is 4. The number of carbonyl (C=O) groups excluding carboxylic acids is 2. The first-order valence-corrected chi connectivity index (χ1v) is 10.9. The summed E-state index contributed by atoms with van der Waals surface area (Å²) >= 11 is 0. The van der Waals surface area contributed by atoms with Gasteiger partial charge in [0.05, 0.1) is 11.4 Å². The molecule has 10 heteroatoms. The van der Waals surface area contributed by atoms with Crippen LogP contribution in [0.2, 0.25) is 0 Å². The summed E-state index contributed by atoms with van der Waals surface area (Å²) in [5.74, 6) is -1.54. The summed E-state index contributed by atoms with van der Waals surface area (Å²) in [6, 6.07) is 14.8. The van der Waals surface area contributed by atoms with Gasteiger partial charge in [-0.2, -0.15) is 4.31 Å². The molecule has 1 aliphatic heterocycles. The summed E-state index contributed by atoms with van der Waals surface area (Å²) in [4.78, 5) is 26.6. The molecule has 0 unspecified atom stereocenters. The third kappa shape index (κ3) is 4.04. The summed E-state index contributed by atoms with van der Waals surface area (Å²) in [7, 11) is -4.27. The second-order valence-corrected chi connectivity index (χ2v) is 8.74. The van der Waals surface area contributed by atoms with Crippen LogP contribution in [-0.2, 0) is 21.4 Å². The molecule has 1 aliphatic rings. The van der Waals surface area contributed by atoms with Gasteiger partial charge in [-0.25, -0.2) is 22.0 Å². The fourth-order valence-electron chi connectivity index (χ4n) is 3.29. The molecule has 0 spiro atoms. The number of nitrogens with zero attached hydrogens (tertiary/aromatic N) is 2. The monoisotopic (exact) mass is 457 g/mol. The molecule has 0 bridgehead atoms. The Labute approximate surface area is 182 Å². The van der Waals surface area contributed by atoms with E-state index in [4.69, 9.17) is 0 Å². The number of rotatable bonds is 5. The Balaban J connectivity index is 1.63. The highest BCUT2D eigenvalue weighted by Gasteiger charge is 2.42. The first-order chi connectivity index (χ1) is 15.3. The molecule has 1 heterocycles. The Morgan fingerprint density at radius 1 is 0.875 bits per heavy atom. The van der Waals surface area contributed by atoms with E-state index < -0.39 is 40.1 Å². The first-order valence-electron chi connectivity index (χ1n) is 9.50. The lowest BCUT2D eigenvalue weighted by molar-refractivity contribution is -0.119. The molecule has 1 N–H and O–H groups in total. The Bertz CT molecular complexity index is 1280. The highest BCUT2D eigenvalue weighted by molar-refractivity contribution is 7.94. The molecule has 4 rings (SSSR count). The zero-order valence-electron chi connectivity index (χ0n) is 16.5. The quantitative estimate of drug-likeness (QED) is 0.636. The first kappa shape index (κ1) is 21.4. The van der Waals surface area contributed by atoms with Crippen molar-refractivity contribution in [2.75, 3.05) is 15.7 Å². The van der Waals surface area contributed by atoms with Gasteiger partial charge in [-0.05, 0) is 54.1 Å². The van der Waals surface area contributed by atoms with E-state index in [0.717, 1.165) is 17.0 Å². The summed E-state index contributed by atoms with van der Waals surface area (Å²) in [5, 5.41) is 2.63. The largest absolute Gasteiger partial charge is 0.350 e. The SMILES string of the molecule is O=C(CN1C(=O)N(c2ccc(F)cc2)S(=O)(=O)c2ccccc21)NCc1ccc(F)cc1. The van der Waals surface area contributed by atoms with Crippen molar-refractivity contribution in [3.8, 4) is 0 Å². The van der Waals surface area contributed by atoms with Crippen molar-refractivity contribution in [1.29, 1.82) is 0 Å². The number of anilines is 2. The maximum absolute atomic E-state index is 13.3. The van der Waals surface area contributed by atoms with Crippen LogP contribution in [0.1, 0.15) is 5.56 Å². The summed E-state index contributed by atoms with van der Waals surface area (Å²) in [6.07, 6.45) is 0. The molecular weight excluding hydrogens is 440 g/mol. The molecule has 7 nitrogen and oxygen atoms in total. The Morgan fingerprint density at radius 2 is 1.47 bits per heavy atom. The van der Waals surface area contributed by atoms with Crippen molar-refractivity contribution < 1.29 is 26.8 Å². The van der Waals surface area contributed by atoms with Crippen LogP contribution in [-0.4, -0.2) is 26.9 Å². The lowest BCUT2D eigenvalue weighted by atomic mass is 10.2. The van der Waals surface area contributed by atoms with Gasteiger partial charge < -0.3 is 5.32 Å². The van der Waals surface area contributed by atoms with E-state index in [2.05, 4.69) is 5.32 Å². The third-order valence-corrected chi connectivity index (χ3v) is 6.59. The normalized spacial score (nSPS) is 14.8. The number of amides is 3. The van der Waals surface area contributed by atoms with E-state index in [-0.39, 0.29) is 22.8 Å².